The lowest BCUT2D eigenvalue weighted by molar-refractivity contribution is -0.384. The first kappa shape index (κ1) is 13.8. The monoisotopic (exact) mass is 288 g/mol. The van der Waals surface area contributed by atoms with Crippen molar-refractivity contribution in [2.75, 3.05) is 5.32 Å². The van der Waals surface area contributed by atoms with Crippen molar-refractivity contribution in [2.24, 2.45) is 0 Å². The van der Waals surface area contributed by atoms with E-state index in [9.17, 15) is 10.1 Å². The first-order valence-corrected chi connectivity index (χ1v) is 6.02. The Morgan fingerprint density at radius 2 is 2.20 bits per heavy atom. The predicted octanol–water partition coefficient (Wildman–Crippen LogP) is 3.13. The lowest BCUT2D eigenvalue weighted by Crippen LogP contribution is -2.05. The van der Waals surface area contributed by atoms with Gasteiger partial charge < -0.3 is 5.32 Å². The zero-order valence-corrected chi connectivity index (χ0v) is 11.0. The maximum Gasteiger partial charge on any atom is 0.311 e. The fraction of sp³-hybridized carbons (Fsp3) is 0.0769. The second-order valence-corrected chi connectivity index (χ2v) is 4.31. The summed E-state index contributed by atoms with van der Waals surface area (Å²) in [6, 6.07) is 11.6. The zero-order chi connectivity index (χ0) is 14.5. The molecule has 1 heterocycles. The molecule has 0 aliphatic carbocycles. The van der Waals surface area contributed by atoms with Crippen LogP contribution in [0, 0.1) is 21.4 Å². The molecular weight excluding hydrogens is 280 g/mol. The Hall–Kier alpha value is -2.65. The molecule has 0 aliphatic rings. The van der Waals surface area contributed by atoms with Crippen molar-refractivity contribution < 1.29 is 4.92 Å². The molecule has 7 heteroatoms. The average molecular weight is 289 g/mol. The summed E-state index contributed by atoms with van der Waals surface area (Å²) in [6.45, 7) is 0.309. The molecule has 0 radical (unpaired) electrons. The van der Waals surface area contributed by atoms with Crippen LogP contribution in [0.2, 0.25) is 5.15 Å². The van der Waals surface area contributed by atoms with Crippen molar-refractivity contribution in [1.82, 2.24) is 4.98 Å². The van der Waals surface area contributed by atoms with Gasteiger partial charge in [-0.1, -0.05) is 23.7 Å². The molecule has 0 fully saturated rings. The van der Waals surface area contributed by atoms with Gasteiger partial charge in [-0.2, -0.15) is 5.26 Å². The van der Waals surface area contributed by atoms with Crippen molar-refractivity contribution in [2.45, 2.75) is 6.54 Å². The summed E-state index contributed by atoms with van der Waals surface area (Å²) in [6.07, 6.45) is 0. The number of rotatable bonds is 4. The van der Waals surface area contributed by atoms with Gasteiger partial charge in [0.2, 0.25) is 5.82 Å². The summed E-state index contributed by atoms with van der Waals surface area (Å²) in [4.78, 5) is 14.3. The molecule has 6 nitrogen and oxygen atoms in total. The molecule has 0 saturated heterocycles. The minimum atomic E-state index is -0.530. The van der Waals surface area contributed by atoms with Gasteiger partial charge in [-0.25, -0.2) is 4.98 Å². The van der Waals surface area contributed by atoms with Gasteiger partial charge in [-0.15, -0.1) is 0 Å². The molecule has 2 rings (SSSR count). The van der Waals surface area contributed by atoms with E-state index in [1.54, 1.807) is 18.2 Å². The SMILES string of the molecule is N#Cc1cccc(CNc2nc(Cl)ccc2[N+](=O)[O-])c1. The fourth-order valence-corrected chi connectivity index (χ4v) is 1.79. The number of nitrogens with one attached hydrogen (secondary N) is 1. The molecule has 0 amide bonds. The van der Waals surface area contributed by atoms with Crippen molar-refractivity contribution in [3.63, 3.8) is 0 Å². The maximum absolute atomic E-state index is 10.9. The Morgan fingerprint density at radius 3 is 2.90 bits per heavy atom. The van der Waals surface area contributed by atoms with Gasteiger partial charge in [-0.3, -0.25) is 10.1 Å². The largest absolute Gasteiger partial charge is 0.360 e. The summed E-state index contributed by atoms with van der Waals surface area (Å²) >= 11 is 5.73. The van der Waals surface area contributed by atoms with Gasteiger partial charge in [0.15, 0.2) is 0 Å². The smallest absolute Gasteiger partial charge is 0.311 e. The number of hydrogen-bond acceptors (Lipinski definition) is 5. The van der Waals surface area contributed by atoms with Crippen molar-refractivity contribution >= 4 is 23.1 Å². The number of nitro groups is 1. The van der Waals surface area contributed by atoms with Crippen LogP contribution < -0.4 is 5.32 Å². The van der Waals surface area contributed by atoms with E-state index in [1.807, 2.05) is 12.1 Å². The zero-order valence-electron chi connectivity index (χ0n) is 10.2. The normalized spacial score (nSPS) is 9.80. The van der Waals surface area contributed by atoms with Crippen LogP contribution in [0.3, 0.4) is 0 Å². The highest BCUT2D eigenvalue weighted by Crippen LogP contribution is 2.24. The van der Waals surface area contributed by atoms with E-state index in [-0.39, 0.29) is 16.7 Å². The standard InChI is InChI=1S/C13H9ClN4O2/c14-12-5-4-11(18(19)20)13(17-12)16-8-10-3-1-2-9(6-10)7-15/h1-6H,8H2,(H,16,17). The molecule has 2 aromatic rings. The van der Waals surface area contributed by atoms with Crippen LogP contribution in [0.25, 0.3) is 0 Å². The molecule has 100 valence electrons. The second-order valence-electron chi connectivity index (χ2n) is 3.92. The van der Waals surface area contributed by atoms with Crippen LogP contribution in [-0.4, -0.2) is 9.91 Å². The Morgan fingerprint density at radius 1 is 1.40 bits per heavy atom. The maximum atomic E-state index is 10.9. The number of benzene rings is 1. The summed E-state index contributed by atoms with van der Waals surface area (Å²) in [5.74, 6) is 0.102. The Labute approximate surface area is 119 Å². The minimum absolute atomic E-state index is 0.102. The van der Waals surface area contributed by atoms with Gasteiger partial charge in [0.1, 0.15) is 5.15 Å². The number of hydrogen-bond donors (Lipinski definition) is 1. The third-order valence-corrected chi connectivity index (χ3v) is 2.76. The van der Waals surface area contributed by atoms with Gasteiger partial charge in [0, 0.05) is 12.6 Å². The third-order valence-electron chi connectivity index (χ3n) is 2.55. The number of aromatic nitrogens is 1. The van der Waals surface area contributed by atoms with Crippen molar-refractivity contribution in [3.8, 4) is 6.07 Å². The molecular formula is C13H9ClN4O2. The van der Waals surface area contributed by atoms with Crippen LogP contribution in [0.15, 0.2) is 36.4 Å². The highest BCUT2D eigenvalue weighted by molar-refractivity contribution is 6.29. The van der Waals surface area contributed by atoms with Gasteiger partial charge in [0.25, 0.3) is 0 Å². The Balaban J connectivity index is 2.20. The summed E-state index contributed by atoms with van der Waals surface area (Å²) in [7, 11) is 0. The predicted molar refractivity (Wildman–Crippen MR) is 74.4 cm³/mol. The molecule has 20 heavy (non-hydrogen) atoms. The minimum Gasteiger partial charge on any atom is -0.360 e. The van der Waals surface area contributed by atoms with Crippen LogP contribution in [0.4, 0.5) is 11.5 Å². The van der Waals surface area contributed by atoms with E-state index in [2.05, 4.69) is 10.3 Å². The topological polar surface area (TPSA) is 91.8 Å². The molecule has 0 atom stereocenters. The first-order chi connectivity index (χ1) is 9.60. The second kappa shape index (κ2) is 5.99. The van der Waals surface area contributed by atoms with Crippen molar-refractivity contribution in [3.05, 3.63) is 62.8 Å². The fourth-order valence-electron chi connectivity index (χ4n) is 1.64. The van der Waals surface area contributed by atoms with Crippen LogP contribution in [0.1, 0.15) is 11.1 Å². The quantitative estimate of drug-likeness (QED) is 0.530. The van der Waals surface area contributed by atoms with Crippen LogP contribution in [0.5, 0.6) is 0 Å². The number of nitrogens with zero attached hydrogens (tertiary/aromatic N) is 3. The number of halogens is 1. The van der Waals surface area contributed by atoms with Gasteiger partial charge in [0.05, 0.1) is 16.6 Å². The molecule has 0 unspecified atom stereocenters. The number of pyridine rings is 1. The van der Waals surface area contributed by atoms with Crippen molar-refractivity contribution in [1.29, 1.82) is 5.26 Å². The molecule has 1 aromatic heterocycles. The van der Waals surface area contributed by atoms with E-state index >= 15 is 0 Å². The molecule has 1 N–H and O–H groups in total. The van der Waals surface area contributed by atoms with E-state index < -0.39 is 4.92 Å². The lowest BCUT2D eigenvalue weighted by atomic mass is 10.1. The van der Waals surface area contributed by atoms with Gasteiger partial charge >= 0.3 is 5.69 Å². The first-order valence-electron chi connectivity index (χ1n) is 5.64. The average Bonchev–Trinajstić information content (AvgIpc) is 2.45. The lowest BCUT2D eigenvalue weighted by Gasteiger charge is -2.06. The molecule has 1 aromatic carbocycles. The third kappa shape index (κ3) is 3.22. The molecule has 0 saturated carbocycles. The van der Waals surface area contributed by atoms with E-state index in [0.717, 1.165) is 5.56 Å². The molecule has 0 aliphatic heterocycles. The highest BCUT2D eigenvalue weighted by atomic mass is 35.5. The van der Waals surface area contributed by atoms with E-state index in [1.165, 1.54) is 12.1 Å². The number of nitriles is 1. The summed E-state index contributed by atoms with van der Waals surface area (Å²) in [5, 5.41) is 22.7. The molecule has 0 bridgehead atoms. The summed E-state index contributed by atoms with van der Waals surface area (Å²) < 4.78 is 0. The van der Waals surface area contributed by atoms with E-state index in [4.69, 9.17) is 16.9 Å². The van der Waals surface area contributed by atoms with Crippen LogP contribution in [-0.2, 0) is 6.54 Å². The van der Waals surface area contributed by atoms with Gasteiger partial charge in [-0.05, 0) is 23.8 Å². The highest BCUT2D eigenvalue weighted by Gasteiger charge is 2.15. The molecule has 0 spiro atoms. The van der Waals surface area contributed by atoms with Crippen LogP contribution >= 0.6 is 11.6 Å². The number of anilines is 1. The Bertz CT molecular complexity index is 697. The Kier molecular flexibility index (Phi) is 4.13. The summed E-state index contributed by atoms with van der Waals surface area (Å²) in [5.41, 5.74) is 1.20. The van der Waals surface area contributed by atoms with E-state index in [0.29, 0.717) is 12.1 Å².